The van der Waals surface area contributed by atoms with Crippen LogP contribution in [0, 0.1) is 0 Å². The third-order valence-corrected chi connectivity index (χ3v) is 4.72. The van der Waals surface area contributed by atoms with Crippen LogP contribution < -0.4 is 4.90 Å². The number of anilines is 1. The molecule has 2 aliphatic rings. The molecule has 1 amide bonds. The minimum absolute atomic E-state index is 0.0987. The molecule has 0 saturated heterocycles. The van der Waals surface area contributed by atoms with Crippen LogP contribution >= 0.6 is 0 Å². The van der Waals surface area contributed by atoms with Crippen molar-refractivity contribution >= 4 is 22.8 Å². The number of aryl methyl sites for hydroxylation is 1. The Labute approximate surface area is 138 Å². The summed E-state index contributed by atoms with van der Waals surface area (Å²) in [6.07, 6.45) is 3.09. The van der Waals surface area contributed by atoms with Crippen molar-refractivity contribution in [2.45, 2.75) is 31.7 Å². The van der Waals surface area contributed by atoms with Gasteiger partial charge in [-0.05, 0) is 53.3 Å². The predicted molar refractivity (Wildman–Crippen MR) is 87.8 cm³/mol. The summed E-state index contributed by atoms with van der Waals surface area (Å²) >= 11 is 0. The number of hydrogen-bond donors (Lipinski definition) is 0. The average molecular weight is 320 g/mol. The predicted octanol–water partition coefficient (Wildman–Crippen LogP) is 2.15. The first-order valence-electron chi connectivity index (χ1n) is 8.29. The topological polar surface area (TPSA) is 76.8 Å². The molecule has 24 heavy (non-hydrogen) atoms. The minimum Gasteiger partial charge on any atom is -0.274 e. The number of amides is 1. The maximum Gasteiger partial charge on any atom is 0.279 e. The van der Waals surface area contributed by atoms with Crippen LogP contribution in [0.1, 0.15) is 41.2 Å². The van der Waals surface area contributed by atoms with Gasteiger partial charge in [-0.3, -0.25) is 9.69 Å². The van der Waals surface area contributed by atoms with E-state index in [-0.39, 0.29) is 5.91 Å². The Kier molecular flexibility index (Phi) is 2.88. The molecule has 1 aliphatic heterocycles. The first kappa shape index (κ1) is 13.6. The molecule has 120 valence electrons. The number of carbonyl (C=O) groups excluding carboxylic acids is 1. The summed E-state index contributed by atoms with van der Waals surface area (Å²) in [5, 5.41) is 12.7. The van der Waals surface area contributed by atoms with Gasteiger partial charge in [-0.2, -0.15) is 0 Å². The Morgan fingerprint density at radius 2 is 2.04 bits per heavy atom. The van der Waals surface area contributed by atoms with Crippen LogP contribution in [0.5, 0.6) is 0 Å². The van der Waals surface area contributed by atoms with Crippen molar-refractivity contribution in [1.82, 2.24) is 25.2 Å². The highest BCUT2D eigenvalue weighted by molar-refractivity contribution is 6.06. The van der Waals surface area contributed by atoms with E-state index >= 15 is 0 Å². The lowest BCUT2D eigenvalue weighted by atomic mass is 10.0. The Bertz CT molecular complexity index is 945. The summed E-state index contributed by atoms with van der Waals surface area (Å²) in [6.45, 7) is 1.37. The van der Waals surface area contributed by atoms with Crippen molar-refractivity contribution in [1.29, 1.82) is 0 Å². The number of carbonyl (C=O) groups is 1. The van der Waals surface area contributed by atoms with Gasteiger partial charge in [0.25, 0.3) is 11.9 Å². The Hall–Kier alpha value is -2.83. The zero-order valence-electron chi connectivity index (χ0n) is 13.1. The van der Waals surface area contributed by atoms with Gasteiger partial charge in [0.2, 0.25) is 0 Å². The Balaban J connectivity index is 1.63. The molecule has 5 rings (SSSR count). The molecule has 7 heteroatoms. The molecule has 0 unspecified atom stereocenters. The van der Waals surface area contributed by atoms with Crippen LogP contribution in [0.2, 0.25) is 0 Å². The molecule has 0 radical (unpaired) electrons. The van der Waals surface area contributed by atoms with E-state index in [1.54, 1.807) is 9.58 Å². The van der Waals surface area contributed by atoms with Crippen LogP contribution in [0.3, 0.4) is 0 Å². The van der Waals surface area contributed by atoms with Gasteiger partial charge < -0.3 is 0 Å². The van der Waals surface area contributed by atoms with E-state index in [1.807, 2.05) is 24.3 Å². The lowest BCUT2D eigenvalue weighted by molar-refractivity contribution is 0.0975. The number of para-hydroxylation sites is 1. The van der Waals surface area contributed by atoms with Gasteiger partial charge in [0.05, 0.1) is 5.52 Å². The van der Waals surface area contributed by atoms with Crippen LogP contribution in [0.25, 0.3) is 10.9 Å². The number of rotatable bonds is 2. The molecule has 1 fully saturated rings. The molecule has 1 aliphatic carbocycles. The number of benzene rings is 1. The van der Waals surface area contributed by atoms with Gasteiger partial charge >= 0.3 is 0 Å². The fourth-order valence-corrected chi connectivity index (χ4v) is 3.35. The quantitative estimate of drug-likeness (QED) is 0.723. The van der Waals surface area contributed by atoms with Crippen LogP contribution in [0.15, 0.2) is 30.3 Å². The van der Waals surface area contributed by atoms with E-state index in [4.69, 9.17) is 4.98 Å². The van der Waals surface area contributed by atoms with E-state index < -0.39 is 0 Å². The molecular weight excluding hydrogens is 304 g/mol. The number of fused-ring (bicyclic) bond motifs is 2. The number of nitrogens with zero attached hydrogens (tertiary/aromatic N) is 6. The zero-order chi connectivity index (χ0) is 16.1. The average Bonchev–Trinajstić information content (AvgIpc) is 3.36. The maximum absolute atomic E-state index is 13.2. The van der Waals surface area contributed by atoms with E-state index in [1.165, 1.54) is 0 Å². The summed E-state index contributed by atoms with van der Waals surface area (Å²) in [5.41, 5.74) is 2.46. The molecule has 7 nitrogen and oxygen atoms in total. The molecule has 2 aromatic heterocycles. The van der Waals surface area contributed by atoms with Crippen molar-refractivity contribution < 1.29 is 4.79 Å². The van der Waals surface area contributed by atoms with Crippen molar-refractivity contribution in [3.05, 3.63) is 41.6 Å². The molecule has 3 heterocycles. The van der Waals surface area contributed by atoms with Crippen molar-refractivity contribution in [2.75, 3.05) is 11.4 Å². The van der Waals surface area contributed by atoms with Gasteiger partial charge in [0.1, 0.15) is 5.69 Å². The SMILES string of the molecule is O=C(c1nc2ccccc2cc1C1CC1)N1CCCn2nnnc21. The van der Waals surface area contributed by atoms with Crippen molar-refractivity contribution in [2.24, 2.45) is 0 Å². The van der Waals surface area contributed by atoms with Gasteiger partial charge in [-0.1, -0.05) is 23.3 Å². The van der Waals surface area contributed by atoms with Crippen molar-refractivity contribution in [3.8, 4) is 0 Å². The molecule has 0 N–H and O–H groups in total. The molecule has 3 aromatic rings. The number of tetrazole rings is 1. The smallest absolute Gasteiger partial charge is 0.274 e. The normalized spacial score (nSPS) is 17.1. The van der Waals surface area contributed by atoms with Gasteiger partial charge in [0, 0.05) is 18.5 Å². The highest BCUT2D eigenvalue weighted by atomic mass is 16.2. The van der Waals surface area contributed by atoms with Crippen LogP contribution in [-0.4, -0.2) is 37.6 Å². The standard InChI is InChI=1S/C17H16N6O/c24-16(22-8-3-9-23-17(22)19-20-21-23)15-13(11-6-7-11)10-12-4-1-2-5-14(12)18-15/h1-2,4-5,10-11H,3,6-9H2. The molecule has 0 atom stereocenters. The lowest BCUT2D eigenvalue weighted by Gasteiger charge is -2.25. The van der Waals surface area contributed by atoms with Gasteiger partial charge in [-0.25, -0.2) is 9.67 Å². The second kappa shape index (κ2) is 5.09. The summed E-state index contributed by atoms with van der Waals surface area (Å²) in [5.74, 6) is 0.864. The summed E-state index contributed by atoms with van der Waals surface area (Å²) in [7, 11) is 0. The molecule has 1 aromatic carbocycles. The molecule has 0 spiro atoms. The van der Waals surface area contributed by atoms with Gasteiger partial charge in [0.15, 0.2) is 0 Å². The summed E-state index contributed by atoms with van der Waals surface area (Å²) in [4.78, 5) is 19.6. The number of aromatic nitrogens is 5. The lowest BCUT2D eigenvalue weighted by Crippen LogP contribution is -2.39. The largest absolute Gasteiger partial charge is 0.279 e. The van der Waals surface area contributed by atoms with E-state index in [9.17, 15) is 4.79 Å². The number of hydrogen-bond acceptors (Lipinski definition) is 5. The molecule has 0 bridgehead atoms. The maximum atomic E-state index is 13.2. The monoisotopic (exact) mass is 320 g/mol. The van der Waals surface area contributed by atoms with Crippen LogP contribution in [0.4, 0.5) is 5.95 Å². The highest BCUT2D eigenvalue weighted by Gasteiger charge is 2.34. The zero-order valence-corrected chi connectivity index (χ0v) is 13.1. The highest BCUT2D eigenvalue weighted by Crippen LogP contribution is 2.42. The first-order valence-corrected chi connectivity index (χ1v) is 8.29. The van der Waals surface area contributed by atoms with E-state index in [0.717, 1.165) is 42.3 Å². The summed E-state index contributed by atoms with van der Waals surface area (Å²) in [6, 6.07) is 10.1. The fraction of sp³-hybridized carbons (Fsp3) is 0.353. The van der Waals surface area contributed by atoms with Crippen molar-refractivity contribution in [3.63, 3.8) is 0 Å². The van der Waals surface area contributed by atoms with E-state index in [0.29, 0.717) is 24.1 Å². The third kappa shape index (κ3) is 2.08. The fourth-order valence-electron chi connectivity index (χ4n) is 3.35. The second-order valence-corrected chi connectivity index (χ2v) is 6.41. The van der Waals surface area contributed by atoms with Gasteiger partial charge in [-0.15, -0.1) is 0 Å². The van der Waals surface area contributed by atoms with Crippen LogP contribution in [-0.2, 0) is 6.54 Å². The van der Waals surface area contributed by atoms with E-state index in [2.05, 4.69) is 21.6 Å². The first-order chi connectivity index (χ1) is 11.8. The molecular formula is C17H16N6O. The number of pyridine rings is 1. The second-order valence-electron chi connectivity index (χ2n) is 6.41. The molecule has 1 saturated carbocycles. The summed E-state index contributed by atoms with van der Waals surface area (Å²) < 4.78 is 1.68. The third-order valence-electron chi connectivity index (χ3n) is 4.72. The minimum atomic E-state index is -0.0987. The Morgan fingerprint density at radius 1 is 1.17 bits per heavy atom. The Morgan fingerprint density at radius 3 is 2.92 bits per heavy atom.